The molecule has 3 N–H and O–H groups in total. The summed E-state index contributed by atoms with van der Waals surface area (Å²) in [6.45, 7) is 4.36. The number of ether oxygens (including phenoxy) is 3. The van der Waals surface area contributed by atoms with Crippen LogP contribution in [-0.4, -0.2) is 29.8 Å². The molecule has 8 heteroatoms. The Kier molecular flexibility index (Phi) is 5.91. The van der Waals surface area contributed by atoms with Crippen LogP contribution in [0.2, 0.25) is 0 Å². The largest absolute Gasteiger partial charge is 0.490 e. The van der Waals surface area contributed by atoms with Crippen LogP contribution in [0.5, 0.6) is 17.2 Å². The first kappa shape index (κ1) is 20.0. The maximum absolute atomic E-state index is 12.5. The number of nitrogens with two attached hydrogens (primary N) is 1. The molecule has 0 radical (unpaired) electrons. The lowest BCUT2D eigenvalue weighted by Gasteiger charge is -2.29. The molecule has 1 fully saturated rings. The SMILES string of the molecule is CC(C)[C@H](N)c1nc(C(=O)NC2CCC(Oc3ccc4c(c3)OCO4)CC2)cs1. The van der Waals surface area contributed by atoms with Crippen molar-refractivity contribution in [2.45, 2.75) is 57.7 Å². The first-order chi connectivity index (χ1) is 14.0. The van der Waals surface area contributed by atoms with E-state index >= 15 is 0 Å². The van der Waals surface area contributed by atoms with Gasteiger partial charge in [0.05, 0.1) is 12.1 Å². The number of carbonyl (C=O) groups is 1. The molecule has 0 unspecified atom stereocenters. The van der Waals surface area contributed by atoms with Crippen molar-refractivity contribution in [3.8, 4) is 17.2 Å². The molecule has 1 aliphatic carbocycles. The number of amides is 1. The molecule has 1 aromatic carbocycles. The first-order valence-electron chi connectivity index (χ1n) is 10.1. The van der Waals surface area contributed by atoms with Crippen molar-refractivity contribution >= 4 is 17.2 Å². The minimum absolute atomic E-state index is 0.122. The monoisotopic (exact) mass is 417 g/mol. The number of fused-ring (bicyclic) bond motifs is 1. The van der Waals surface area contributed by atoms with Gasteiger partial charge in [0.2, 0.25) is 6.79 Å². The molecule has 1 aromatic heterocycles. The Morgan fingerprint density at radius 3 is 2.76 bits per heavy atom. The molecule has 1 aliphatic heterocycles. The molecular weight excluding hydrogens is 390 g/mol. The molecule has 2 heterocycles. The van der Waals surface area contributed by atoms with E-state index in [1.807, 2.05) is 18.2 Å². The van der Waals surface area contributed by atoms with Crippen molar-refractivity contribution in [1.82, 2.24) is 10.3 Å². The van der Waals surface area contributed by atoms with Crippen LogP contribution in [0.3, 0.4) is 0 Å². The Labute approximate surface area is 174 Å². The summed E-state index contributed by atoms with van der Waals surface area (Å²) in [4.78, 5) is 17.0. The standard InChI is InChI=1S/C21H27N3O4S/c1-12(2)19(22)21-24-16(10-29-21)20(25)23-13-3-5-14(6-4-13)28-15-7-8-17-18(9-15)27-11-26-17/h7-10,12-14,19H,3-6,11,22H2,1-2H3,(H,23,25)/t13?,14?,19-/m0/s1. The fourth-order valence-electron chi connectivity index (χ4n) is 3.56. The summed E-state index contributed by atoms with van der Waals surface area (Å²) in [6.07, 6.45) is 3.67. The van der Waals surface area contributed by atoms with E-state index in [-0.39, 0.29) is 36.8 Å². The number of rotatable bonds is 6. The smallest absolute Gasteiger partial charge is 0.270 e. The lowest BCUT2D eigenvalue weighted by molar-refractivity contribution is 0.0889. The van der Waals surface area contributed by atoms with Crippen LogP contribution >= 0.6 is 11.3 Å². The minimum atomic E-state index is -0.134. The Balaban J connectivity index is 1.26. The van der Waals surface area contributed by atoms with Crippen molar-refractivity contribution < 1.29 is 19.0 Å². The Morgan fingerprint density at radius 2 is 2.00 bits per heavy atom. The quantitative estimate of drug-likeness (QED) is 0.745. The Bertz CT molecular complexity index is 861. The van der Waals surface area contributed by atoms with E-state index in [0.29, 0.717) is 5.69 Å². The summed E-state index contributed by atoms with van der Waals surface area (Å²) >= 11 is 1.45. The summed E-state index contributed by atoms with van der Waals surface area (Å²) in [7, 11) is 0. The molecule has 1 saturated carbocycles. The van der Waals surface area contributed by atoms with Gasteiger partial charge in [0.25, 0.3) is 5.91 Å². The number of hydrogen-bond donors (Lipinski definition) is 2. The molecule has 4 rings (SSSR count). The third kappa shape index (κ3) is 4.64. The van der Waals surface area contributed by atoms with Gasteiger partial charge in [-0.3, -0.25) is 4.79 Å². The lowest BCUT2D eigenvalue weighted by atomic mass is 9.93. The van der Waals surface area contributed by atoms with Gasteiger partial charge < -0.3 is 25.3 Å². The van der Waals surface area contributed by atoms with Gasteiger partial charge in [-0.05, 0) is 43.7 Å². The van der Waals surface area contributed by atoms with E-state index < -0.39 is 0 Å². The van der Waals surface area contributed by atoms with Crippen LogP contribution in [0.15, 0.2) is 23.6 Å². The highest BCUT2D eigenvalue weighted by Crippen LogP contribution is 2.36. The van der Waals surface area contributed by atoms with Crippen molar-refractivity contribution in [3.63, 3.8) is 0 Å². The molecule has 1 atom stereocenters. The molecule has 1 amide bonds. The third-order valence-corrected chi connectivity index (χ3v) is 6.36. The van der Waals surface area contributed by atoms with E-state index in [0.717, 1.165) is 47.9 Å². The highest BCUT2D eigenvalue weighted by atomic mass is 32.1. The number of aromatic nitrogens is 1. The summed E-state index contributed by atoms with van der Waals surface area (Å²) in [6, 6.07) is 5.66. The predicted octanol–water partition coefficient (Wildman–Crippen LogP) is 3.65. The molecule has 7 nitrogen and oxygen atoms in total. The van der Waals surface area contributed by atoms with Crippen LogP contribution in [0.1, 0.15) is 61.1 Å². The van der Waals surface area contributed by atoms with Gasteiger partial charge in [-0.1, -0.05) is 13.8 Å². The molecule has 2 aliphatic rings. The van der Waals surface area contributed by atoms with Crippen molar-refractivity contribution in [2.24, 2.45) is 11.7 Å². The van der Waals surface area contributed by atoms with Crippen molar-refractivity contribution in [1.29, 1.82) is 0 Å². The Morgan fingerprint density at radius 1 is 1.24 bits per heavy atom. The van der Waals surface area contributed by atoms with E-state index in [1.54, 1.807) is 5.38 Å². The van der Waals surface area contributed by atoms with Crippen LogP contribution in [0.4, 0.5) is 0 Å². The summed E-state index contributed by atoms with van der Waals surface area (Å²) in [5.74, 6) is 2.44. The Hall–Kier alpha value is -2.32. The molecular formula is C21H27N3O4S. The van der Waals surface area contributed by atoms with Gasteiger partial charge in [0, 0.05) is 17.5 Å². The first-order valence-corrected chi connectivity index (χ1v) is 11.0. The van der Waals surface area contributed by atoms with Gasteiger partial charge in [-0.2, -0.15) is 0 Å². The van der Waals surface area contributed by atoms with Crippen LogP contribution in [0, 0.1) is 5.92 Å². The maximum Gasteiger partial charge on any atom is 0.270 e. The van der Waals surface area contributed by atoms with Crippen LogP contribution in [-0.2, 0) is 0 Å². The topological polar surface area (TPSA) is 95.7 Å². The fourth-order valence-corrected chi connectivity index (χ4v) is 4.53. The van der Waals surface area contributed by atoms with E-state index in [9.17, 15) is 4.79 Å². The molecule has 0 saturated heterocycles. The maximum atomic E-state index is 12.5. The minimum Gasteiger partial charge on any atom is -0.490 e. The van der Waals surface area contributed by atoms with E-state index in [1.165, 1.54) is 11.3 Å². The number of carbonyl (C=O) groups excluding carboxylic acids is 1. The van der Waals surface area contributed by atoms with Gasteiger partial charge in [0.1, 0.15) is 16.5 Å². The number of nitrogens with zero attached hydrogens (tertiary/aromatic N) is 1. The number of hydrogen-bond acceptors (Lipinski definition) is 7. The van der Waals surface area contributed by atoms with E-state index in [2.05, 4.69) is 24.1 Å². The highest BCUT2D eigenvalue weighted by Gasteiger charge is 2.26. The van der Waals surface area contributed by atoms with Gasteiger partial charge in [0.15, 0.2) is 11.5 Å². The fraction of sp³-hybridized carbons (Fsp3) is 0.524. The van der Waals surface area contributed by atoms with Crippen molar-refractivity contribution in [2.75, 3.05) is 6.79 Å². The second-order valence-electron chi connectivity index (χ2n) is 7.92. The third-order valence-electron chi connectivity index (χ3n) is 5.41. The highest BCUT2D eigenvalue weighted by molar-refractivity contribution is 7.09. The average Bonchev–Trinajstić information content (AvgIpc) is 3.38. The zero-order valence-corrected chi connectivity index (χ0v) is 17.5. The second-order valence-corrected chi connectivity index (χ2v) is 8.81. The van der Waals surface area contributed by atoms with Gasteiger partial charge in [-0.15, -0.1) is 11.3 Å². The molecule has 29 heavy (non-hydrogen) atoms. The van der Waals surface area contributed by atoms with E-state index in [4.69, 9.17) is 19.9 Å². The number of nitrogens with one attached hydrogen (secondary N) is 1. The molecule has 2 aromatic rings. The predicted molar refractivity (Wildman–Crippen MR) is 111 cm³/mol. The van der Waals surface area contributed by atoms with Gasteiger partial charge in [-0.25, -0.2) is 4.98 Å². The van der Waals surface area contributed by atoms with Gasteiger partial charge >= 0.3 is 0 Å². The molecule has 0 bridgehead atoms. The normalized spacial score (nSPS) is 21.8. The number of benzene rings is 1. The zero-order valence-electron chi connectivity index (χ0n) is 16.7. The average molecular weight is 418 g/mol. The van der Waals surface area contributed by atoms with Crippen LogP contribution in [0.25, 0.3) is 0 Å². The summed E-state index contributed by atoms with van der Waals surface area (Å²) in [5.41, 5.74) is 6.59. The summed E-state index contributed by atoms with van der Waals surface area (Å²) < 4.78 is 16.8. The zero-order chi connectivity index (χ0) is 20.4. The van der Waals surface area contributed by atoms with Crippen LogP contribution < -0.4 is 25.3 Å². The second kappa shape index (κ2) is 8.59. The van der Waals surface area contributed by atoms with Crippen molar-refractivity contribution in [3.05, 3.63) is 34.3 Å². The number of thiazole rings is 1. The lowest BCUT2D eigenvalue weighted by Crippen LogP contribution is -2.39. The summed E-state index contributed by atoms with van der Waals surface area (Å²) in [5, 5.41) is 5.71. The molecule has 156 valence electrons. The molecule has 0 spiro atoms.